The van der Waals surface area contributed by atoms with Gasteiger partial charge >= 0.3 is 6.03 Å². The summed E-state index contributed by atoms with van der Waals surface area (Å²) in [5.41, 5.74) is 9.98. The van der Waals surface area contributed by atoms with Crippen LogP contribution in [0.1, 0.15) is 30.0 Å². The van der Waals surface area contributed by atoms with Gasteiger partial charge < -0.3 is 25.2 Å². The molecule has 0 spiro atoms. The zero-order valence-electron chi connectivity index (χ0n) is 18.4. The van der Waals surface area contributed by atoms with Gasteiger partial charge in [0.2, 0.25) is 5.91 Å². The van der Waals surface area contributed by atoms with Gasteiger partial charge in [-0.05, 0) is 54.3 Å². The van der Waals surface area contributed by atoms with Crippen molar-refractivity contribution in [3.63, 3.8) is 0 Å². The molecule has 0 radical (unpaired) electrons. The van der Waals surface area contributed by atoms with Crippen LogP contribution >= 0.6 is 0 Å². The Labute approximate surface area is 186 Å². The highest BCUT2D eigenvalue weighted by atomic mass is 16.5. The lowest BCUT2D eigenvalue weighted by Crippen LogP contribution is -2.38. The largest absolute Gasteiger partial charge is 0.493 e. The summed E-state index contributed by atoms with van der Waals surface area (Å²) in [5.74, 6) is 1.10. The topological polar surface area (TPSA) is 105 Å². The van der Waals surface area contributed by atoms with E-state index in [9.17, 15) is 14.7 Å². The fourth-order valence-corrected chi connectivity index (χ4v) is 4.36. The Morgan fingerprint density at radius 3 is 2.31 bits per heavy atom. The molecule has 3 N–H and O–H groups in total. The molecular formula is C24H27N3O5. The first-order valence-corrected chi connectivity index (χ1v) is 10.5. The summed E-state index contributed by atoms with van der Waals surface area (Å²) in [6.45, 7) is 2.23. The lowest BCUT2D eigenvalue weighted by molar-refractivity contribution is -0.117. The second kappa shape index (κ2) is 8.55. The quantitative estimate of drug-likeness (QED) is 0.765. The summed E-state index contributed by atoms with van der Waals surface area (Å²) in [4.78, 5) is 27.4. The van der Waals surface area contributed by atoms with Crippen LogP contribution in [-0.4, -0.2) is 54.9 Å². The second-order valence-electron chi connectivity index (χ2n) is 8.11. The molecular weight excluding hydrogens is 410 g/mol. The SMILES string of the molecule is COc1cc2c(cc1OC)C(c1ccc(N3CC(O)CC3=O)cc1)=CN(C(N)=O)C(C)C2. The van der Waals surface area contributed by atoms with Gasteiger partial charge in [0.25, 0.3) is 0 Å². The molecule has 0 bridgehead atoms. The van der Waals surface area contributed by atoms with Crippen LogP contribution in [0.25, 0.3) is 5.57 Å². The number of fused-ring (bicyclic) bond motifs is 1. The van der Waals surface area contributed by atoms with Crippen molar-refractivity contribution >= 4 is 23.2 Å². The van der Waals surface area contributed by atoms with E-state index in [1.807, 2.05) is 43.3 Å². The summed E-state index contributed by atoms with van der Waals surface area (Å²) in [5, 5.41) is 9.79. The highest BCUT2D eigenvalue weighted by molar-refractivity contribution is 5.96. The average Bonchev–Trinajstić information content (AvgIpc) is 3.04. The minimum Gasteiger partial charge on any atom is -0.493 e. The van der Waals surface area contributed by atoms with Crippen LogP contribution in [0.2, 0.25) is 0 Å². The number of benzene rings is 2. The summed E-state index contributed by atoms with van der Waals surface area (Å²) in [7, 11) is 3.17. The van der Waals surface area contributed by atoms with Gasteiger partial charge in [-0.1, -0.05) is 12.1 Å². The van der Waals surface area contributed by atoms with Crippen molar-refractivity contribution in [3.8, 4) is 11.5 Å². The van der Waals surface area contributed by atoms with Gasteiger partial charge in [0.05, 0.1) is 33.3 Å². The molecule has 2 aromatic carbocycles. The highest BCUT2D eigenvalue weighted by Gasteiger charge is 2.30. The Morgan fingerprint density at radius 1 is 1.09 bits per heavy atom. The van der Waals surface area contributed by atoms with Gasteiger partial charge in [-0.25, -0.2) is 4.79 Å². The Morgan fingerprint density at radius 2 is 1.75 bits per heavy atom. The van der Waals surface area contributed by atoms with Crippen LogP contribution < -0.4 is 20.1 Å². The number of aliphatic hydroxyl groups excluding tert-OH is 1. The van der Waals surface area contributed by atoms with Gasteiger partial charge in [-0.3, -0.25) is 9.69 Å². The number of aliphatic hydroxyl groups is 1. The summed E-state index contributed by atoms with van der Waals surface area (Å²) >= 11 is 0. The van der Waals surface area contributed by atoms with E-state index >= 15 is 0 Å². The molecule has 8 heteroatoms. The number of ether oxygens (including phenoxy) is 2. The lowest BCUT2D eigenvalue weighted by atomic mass is 9.92. The van der Waals surface area contributed by atoms with Gasteiger partial charge in [0.1, 0.15) is 0 Å². The van der Waals surface area contributed by atoms with Crippen LogP contribution in [0, 0.1) is 0 Å². The number of primary amides is 1. The standard InChI is InChI=1S/C24H27N3O5/c1-14-8-16-9-21(31-2)22(32-3)11-19(16)20(13-26(14)24(25)30)15-4-6-17(7-5-15)27-12-18(28)10-23(27)29/h4-7,9,11,13-14,18,28H,8,10,12H2,1-3H3,(H2,25,30). The van der Waals surface area contributed by atoms with Crippen molar-refractivity contribution in [1.29, 1.82) is 0 Å². The molecule has 2 aromatic rings. The predicted molar refractivity (Wildman–Crippen MR) is 121 cm³/mol. The van der Waals surface area contributed by atoms with Gasteiger partial charge in [0, 0.05) is 23.5 Å². The molecule has 3 amide bonds. The Balaban J connectivity index is 1.81. The smallest absolute Gasteiger partial charge is 0.319 e. The van der Waals surface area contributed by atoms with Crippen LogP contribution in [0.4, 0.5) is 10.5 Å². The number of hydrogen-bond donors (Lipinski definition) is 2. The number of urea groups is 1. The van der Waals surface area contributed by atoms with Gasteiger partial charge in [0.15, 0.2) is 11.5 Å². The molecule has 2 aliphatic rings. The molecule has 0 aliphatic carbocycles. The van der Waals surface area contributed by atoms with Crippen LogP contribution in [0.3, 0.4) is 0 Å². The van der Waals surface area contributed by atoms with Gasteiger partial charge in [-0.15, -0.1) is 0 Å². The Kier molecular flexibility index (Phi) is 5.80. The number of hydrogen-bond acceptors (Lipinski definition) is 5. The van der Waals surface area contributed by atoms with E-state index in [4.69, 9.17) is 15.2 Å². The van der Waals surface area contributed by atoms with E-state index in [1.54, 1.807) is 25.3 Å². The van der Waals surface area contributed by atoms with E-state index in [-0.39, 0.29) is 24.9 Å². The Bertz CT molecular complexity index is 1080. The lowest BCUT2D eigenvalue weighted by Gasteiger charge is -2.22. The maximum absolute atomic E-state index is 12.2. The zero-order valence-corrected chi connectivity index (χ0v) is 18.4. The van der Waals surface area contributed by atoms with Crippen molar-refractivity contribution < 1.29 is 24.2 Å². The zero-order chi connectivity index (χ0) is 23.0. The van der Waals surface area contributed by atoms with Crippen LogP contribution in [0.5, 0.6) is 11.5 Å². The van der Waals surface area contributed by atoms with Crippen LogP contribution in [0.15, 0.2) is 42.6 Å². The molecule has 0 saturated carbocycles. The average molecular weight is 437 g/mol. The number of rotatable bonds is 4. The monoisotopic (exact) mass is 437 g/mol. The Hall–Kier alpha value is -3.52. The minimum atomic E-state index is -0.647. The van der Waals surface area contributed by atoms with Crippen molar-refractivity contribution in [2.45, 2.75) is 31.9 Å². The number of methoxy groups -OCH3 is 2. The summed E-state index contributed by atoms with van der Waals surface area (Å²) in [6, 6.07) is 10.6. The van der Waals surface area contributed by atoms with E-state index < -0.39 is 12.1 Å². The number of carbonyl (C=O) groups is 2. The molecule has 2 atom stereocenters. The normalized spacial score (nSPS) is 20.5. The molecule has 8 nitrogen and oxygen atoms in total. The molecule has 2 aliphatic heterocycles. The van der Waals surface area contributed by atoms with E-state index in [2.05, 4.69) is 0 Å². The number of nitrogens with zero attached hydrogens (tertiary/aromatic N) is 2. The summed E-state index contributed by atoms with van der Waals surface area (Å²) in [6.07, 6.45) is 1.85. The van der Waals surface area contributed by atoms with Crippen molar-refractivity contribution in [2.75, 3.05) is 25.7 Å². The first-order valence-electron chi connectivity index (χ1n) is 10.5. The molecule has 1 saturated heterocycles. The number of carbonyl (C=O) groups excluding carboxylic acids is 2. The third kappa shape index (κ3) is 3.89. The molecule has 2 unspecified atom stereocenters. The molecule has 2 heterocycles. The van der Waals surface area contributed by atoms with Crippen LogP contribution in [-0.2, 0) is 11.2 Å². The molecule has 0 aromatic heterocycles. The highest BCUT2D eigenvalue weighted by Crippen LogP contribution is 2.39. The molecule has 4 rings (SSSR count). The van der Waals surface area contributed by atoms with Crippen molar-refractivity contribution in [2.24, 2.45) is 5.73 Å². The van der Waals surface area contributed by atoms with E-state index in [1.165, 1.54) is 4.90 Å². The first-order chi connectivity index (χ1) is 15.3. The maximum atomic E-state index is 12.2. The number of anilines is 1. The molecule has 168 valence electrons. The number of nitrogens with two attached hydrogens (primary N) is 1. The minimum absolute atomic E-state index is 0.102. The number of β-amino-alcohol motifs (C(OH)–C–C–N with tert-alkyl or cyclic N) is 1. The van der Waals surface area contributed by atoms with E-state index in [0.717, 1.165) is 28.0 Å². The summed E-state index contributed by atoms with van der Waals surface area (Å²) < 4.78 is 11.0. The van der Waals surface area contributed by atoms with Gasteiger partial charge in [-0.2, -0.15) is 0 Å². The molecule has 32 heavy (non-hydrogen) atoms. The second-order valence-corrected chi connectivity index (χ2v) is 8.11. The fraction of sp³-hybridized carbons (Fsp3) is 0.333. The first kappa shape index (κ1) is 21.7. The number of amides is 3. The third-order valence-corrected chi connectivity index (χ3v) is 6.01. The maximum Gasteiger partial charge on any atom is 0.319 e. The third-order valence-electron chi connectivity index (χ3n) is 6.01. The fourth-order valence-electron chi connectivity index (χ4n) is 4.36. The van der Waals surface area contributed by atoms with Crippen molar-refractivity contribution in [3.05, 3.63) is 59.3 Å². The predicted octanol–water partition coefficient (Wildman–Crippen LogP) is 2.52. The van der Waals surface area contributed by atoms with E-state index in [0.29, 0.717) is 17.9 Å². The molecule has 1 fully saturated rings. The van der Waals surface area contributed by atoms with Crippen molar-refractivity contribution in [1.82, 2.24) is 4.90 Å².